The van der Waals surface area contributed by atoms with Crippen LogP contribution in [0.4, 0.5) is 0 Å². The largest absolute Gasteiger partial charge is 0.497 e. The van der Waals surface area contributed by atoms with E-state index in [9.17, 15) is 8.42 Å². The molecule has 1 aliphatic heterocycles. The number of hydrogen-bond acceptors (Lipinski definition) is 6. The molecule has 25 heavy (non-hydrogen) atoms. The van der Waals surface area contributed by atoms with Gasteiger partial charge < -0.3 is 9.47 Å². The van der Waals surface area contributed by atoms with Crippen molar-refractivity contribution < 1.29 is 17.9 Å². The maximum absolute atomic E-state index is 13.2. The molecule has 0 radical (unpaired) electrons. The van der Waals surface area contributed by atoms with Crippen LogP contribution in [0.25, 0.3) is 0 Å². The molecular weight excluding hydrogens is 360 g/mol. The maximum atomic E-state index is 13.2. The van der Waals surface area contributed by atoms with E-state index in [1.807, 2.05) is 19.1 Å². The Balaban J connectivity index is 2.02. The van der Waals surface area contributed by atoms with Gasteiger partial charge in [0.05, 0.1) is 31.0 Å². The monoisotopic (exact) mass is 382 g/mol. The molecule has 2 heterocycles. The number of nitrogens with zero attached hydrogens (tertiary/aromatic N) is 2. The minimum absolute atomic E-state index is 0.243. The van der Waals surface area contributed by atoms with Crippen LogP contribution in [0.1, 0.15) is 35.1 Å². The van der Waals surface area contributed by atoms with E-state index in [1.165, 1.54) is 11.3 Å². The average molecular weight is 383 g/mol. The molecule has 1 aliphatic rings. The van der Waals surface area contributed by atoms with E-state index in [0.29, 0.717) is 27.9 Å². The molecule has 2 aromatic rings. The van der Waals surface area contributed by atoms with Gasteiger partial charge in [0.25, 0.3) is 10.0 Å². The van der Waals surface area contributed by atoms with Gasteiger partial charge in [-0.2, -0.15) is 4.31 Å². The van der Waals surface area contributed by atoms with Gasteiger partial charge in [0, 0.05) is 18.2 Å². The highest BCUT2D eigenvalue weighted by molar-refractivity contribution is 7.91. The standard InChI is InChI=1S/C17H22N2O4S2/c1-11-17(24-12(2)18-11)25(20,21)19-9-5-6-15(19)14-8-7-13(22-3)10-16(14)23-4/h7-8,10,15H,5-6,9H2,1-4H3. The van der Waals surface area contributed by atoms with E-state index < -0.39 is 10.0 Å². The van der Waals surface area contributed by atoms with Crippen molar-refractivity contribution in [2.45, 2.75) is 36.9 Å². The van der Waals surface area contributed by atoms with E-state index in [1.54, 1.807) is 31.5 Å². The fraction of sp³-hybridized carbons (Fsp3) is 0.471. The molecule has 1 fully saturated rings. The second-order valence-electron chi connectivity index (χ2n) is 5.99. The van der Waals surface area contributed by atoms with Crippen LogP contribution in [0.2, 0.25) is 0 Å². The van der Waals surface area contributed by atoms with Crippen molar-refractivity contribution in [1.82, 2.24) is 9.29 Å². The third-order valence-corrected chi connectivity index (χ3v) is 7.98. The third-order valence-electron chi connectivity index (χ3n) is 4.41. The summed E-state index contributed by atoms with van der Waals surface area (Å²) < 4.78 is 39.1. The third kappa shape index (κ3) is 3.26. The number of rotatable bonds is 5. The Bertz CT molecular complexity index is 877. The first-order valence-corrected chi connectivity index (χ1v) is 10.3. The molecular formula is C17H22N2O4S2. The molecule has 136 valence electrons. The summed E-state index contributed by atoms with van der Waals surface area (Å²) in [6.07, 6.45) is 1.58. The zero-order valence-corrected chi connectivity index (χ0v) is 16.4. The highest BCUT2D eigenvalue weighted by Gasteiger charge is 2.39. The smallest absolute Gasteiger partial charge is 0.255 e. The van der Waals surface area contributed by atoms with Crippen molar-refractivity contribution in [3.05, 3.63) is 34.5 Å². The SMILES string of the molecule is COc1ccc(C2CCCN2S(=O)(=O)c2sc(C)nc2C)c(OC)c1. The molecule has 8 heteroatoms. The maximum Gasteiger partial charge on any atom is 0.255 e. The molecule has 0 spiro atoms. The number of benzene rings is 1. The first kappa shape index (κ1) is 18.2. The molecule has 3 rings (SSSR count). The van der Waals surface area contributed by atoms with E-state index in [0.717, 1.165) is 23.4 Å². The van der Waals surface area contributed by atoms with E-state index >= 15 is 0 Å². The summed E-state index contributed by atoms with van der Waals surface area (Å²) in [5.41, 5.74) is 1.43. The summed E-state index contributed by atoms with van der Waals surface area (Å²) in [6.45, 7) is 4.07. The summed E-state index contributed by atoms with van der Waals surface area (Å²) in [5.74, 6) is 1.32. The Labute approximate surface area is 152 Å². The molecule has 1 aromatic heterocycles. The van der Waals surface area contributed by atoms with Crippen molar-refractivity contribution in [3.8, 4) is 11.5 Å². The molecule has 0 saturated carbocycles. The van der Waals surface area contributed by atoms with Crippen LogP contribution >= 0.6 is 11.3 Å². The fourth-order valence-corrected chi connectivity index (χ4v) is 6.56. The zero-order valence-electron chi connectivity index (χ0n) is 14.8. The highest BCUT2D eigenvalue weighted by Crippen LogP contribution is 2.42. The predicted octanol–water partition coefficient (Wildman–Crippen LogP) is 3.30. The first-order chi connectivity index (χ1) is 11.9. The van der Waals surface area contributed by atoms with Gasteiger partial charge in [-0.3, -0.25) is 0 Å². The van der Waals surface area contributed by atoms with E-state index in [2.05, 4.69) is 4.98 Å². The Morgan fingerprint density at radius 2 is 2.00 bits per heavy atom. The number of hydrogen-bond donors (Lipinski definition) is 0. The molecule has 0 amide bonds. The number of aromatic nitrogens is 1. The van der Waals surface area contributed by atoms with Gasteiger partial charge >= 0.3 is 0 Å². The van der Waals surface area contributed by atoms with Crippen LogP contribution in [0.15, 0.2) is 22.4 Å². The minimum Gasteiger partial charge on any atom is -0.497 e. The second kappa shape index (κ2) is 6.93. The van der Waals surface area contributed by atoms with Crippen LogP contribution in [-0.2, 0) is 10.0 Å². The lowest BCUT2D eigenvalue weighted by molar-refractivity contribution is 0.361. The number of methoxy groups -OCH3 is 2. The molecule has 0 bridgehead atoms. The lowest BCUT2D eigenvalue weighted by Gasteiger charge is -2.25. The van der Waals surface area contributed by atoms with Crippen LogP contribution in [0, 0.1) is 13.8 Å². The number of sulfonamides is 1. The van der Waals surface area contributed by atoms with E-state index in [4.69, 9.17) is 9.47 Å². The minimum atomic E-state index is -3.58. The van der Waals surface area contributed by atoms with Gasteiger partial charge in [-0.25, -0.2) is 13.4 Å². The number of aryl methyl sites for hydroxylation is 2. The summed E-state index contributed by atoms with van der Waals surface area (Å²) in [5, 5.41) is 0.758. The van der Waals surface area contributed by atoms with Crippen molar-refractivity contribution >= 4 is 21.4 Å². The molecule has 0 aliphatic carbocycles. The van der Waals surface area contributed by atoms with Crippen LogP contribution < -0.4 is 9.47 Å². The summed E-state index contributed by atoms with van der Waals surface area (Å²) in [4.78, 5) is 4.27. The Hall–Kier alpha value is -1.64. The van der Waals surface area contributed by atoms with Gasteiger partial charge in [0.1, 0.15) is 11.5 Å². The fourth-order valence-electron chi connectivity index (χ4n) is 3.29. The van der Waals surface area contributed by atoms with Crippen molar-refractivity contribution in [3.63, 3.8) is 0 Å². The predicted molar refractivity (Wildman–Crippen MR) is 97.0 cm³/mol. The molecule has 0 N–H and O–H groups in total. The second-order valence-corrected chi connectivity index (χ2v) is 9.28. The van der Waals surface area contributed by atoms with Crippen LogP contribution in [-0.4, -0.2) is 38.5 Å². The number of thiazole rings is 1. The Morgan fingerprint density at radius 1 is 1.24 bits per heavy atom. The molecule has 1 saturated heterocycles. The quantitative estimate of drug-likeness (QED) is 0.794. The number of ether oxygens (including phenoxy) is 2. The zero-order chi connectivity index (χ0) is 18.2. The lowest BCUT2D eigenvalue weighted by Crippen LogP contribution is -2.30. The Kier molecular flexibility index (Phi) is 5.04. The topological polar surface area (TPSA) is 68.7 Å². The lowest BCUT2D eigenvalue weighted by atomic mass is 10.0. The highest BCUT2D eigenvalue weighted by atomic mass is 32.2. The summed E-state index contributed by atoms with van der Waals surface area (Å²) in [6, 6.07) is 5.28. The van der Waals surface area contributed by atoms with Crippen molar-refractivity contribution in [2.75, 3.05) is 20.8 Å². The molecule has 1 aromatic carbocycles. The molecule has 1 atom stereocenters. The summed E-state index contributed by atoms with van der Waals surface area (Å²) >= 11 is 1.23. The van der Waals surface area contributed by atoms with Gasteiger partial charge in [-0.1, -0.05) is 6.07 Å². The van der Waals surface area contributed by atoms with Gasteiger partial charge in [-0.15, -0.1) is 11.3 Å². The van der Waals surface area contributed by atoms with Crippen LogP contribution in [0.3, 0.4) is 0 Å². The first-order valence-electron chi connectivity index (χ1n) is 8.06. The average Bonchev–Trinajstić information content (AvgIpc) is 3.21. The van der Waals surface area contributed by atoms with Gasteiger partial charge in [0.15, 0.2) is 4.21 Å². The molecule has 1 unspecified atom stereocenters. The van der Waals surface area contributed by atoms with Gasteiger partial charge in [0.2, 0.25) is 0 Å². The van der Waals surface area contributed by atoms with Gasteiger partial charge in [-0.05, 0) is 32.8 Å². The van der Waals surface area contributed by atoms with Crippen molar-refractivity contribution in [1.29, 1.82) is 0 Å². The van der Waals surface area contributed by atoms with Crippen molar-refractivity contribution in [2.24, 2.45) is 0 Å². The normalized spacial score (nSPS) is 18.5. The Morgan fingerprint density at radius 3 is 2.60 bits per heavy atom. The summed E-state index contributed by atoms with van der Waals surface area (Å²) in [7, 11) is -0.405. The van der Waals surface area contributed by atoms with E-state index in [-0.39, 0.29) is 6.04 Å². The van der Waals surface area contributed by atoms with Crippen LogP contribution in [0.5, 0.6) is 11.5 Å². The molecule has 6 nitrogen and oxygen atoms in total.